The fraction of sp³-hybridized carbons (Fsp3) is 0.769. The number of aromatic nitrogens is 2. The maximum Gasteiger partial charge on any atom is 0.0785 e. The second-order valence-electron chi connectivity index (χ2n) is 5.45. The number of halogens is 1. The number of aliphatic hydroxyl groups excluding tert-OH is 1. The fourth-order valence-electron chi connectivity index (χ4n) is 3.24. The molecule has 5 nitrogen and oxygen atoms in total. The lowest BCUT2D eigenvalue weighted by Crippen LogP contribution is -2.49. The first kappa shape index (κ1) is 13.4. The van der Waals surface area contributed by atoms with Crippen LogP contribution in [0.2, 0.25) is 5.02 Å². The molecule has 0 aromatic carbocycles. The summed E-state index contributed by atoms with van der Waals surface area (Å²) in [4.78, 5) is 2.47. The highest BCUT2D eigenvalue weighted by molar-refractivity contribution is 6.30. The Kier molecular flexibility index (Phi) is 4.07. The maximum absolute atomic E-state index is 9.31. The minimum absolute atomic E-state index is 0.277. The molecule has 0 amide bonds. The lowest BCUT2D eigenvalue weighted by atomic mass is 10.1. The van der Waals surface area contributed by atoms with Crippen LogP contribution in [0.25, 0.3) is 0 Å². The van der Waals surface area contributed by atoms with E-state index < -0.39 is 0 Å². The van der Waals surface area contributed by atoms with Gasteiger partial charge in [-0.25, -0.2) is 0 Å². The van der Waals surface area contributed by atoms with Crippen LogP contribution in [0.4, 0.5) is 0 Å². The fourth-order valence-corrected chi connectivity index (χ4v) is 3.40. The van der Waals surface area contributed by atoms with Crippen molar-refractivity contribution >= 4 is 11.6 Å². The molecule has 106 valence electrons. The predicted octanol–water partition coefficient (Wildman–Crippen LogP) is 1.01. The summed E-state index contributed by atoms with van der Waals surface area (Å²) in [5.41, 5.74) is 0. The number of hydrogen-bond donors (Lipinski definition) is 1. The van der Waals surface area contributed by atoms with Crippen molar-refractivity contribution in [2.24, 2.45) is 5.92 Å². The Hall–Kier alpha value is -0.620. The summed E-state index contributed by atoms with van der Waals surface area (Å²) in [7, 11) is 0. The van der Waals surface area contributed by atoms with E-state index in [1.165, 1.54) is 0 Å². The molecular weight excluding hydrogens is 266 g/mol. The Morgan fingerprint density at radius 2 is 2.32 bits per heavy atom. The zero-order valence-electron chi connectivity index (χ0n) is 10.9. The van der Waals surface area contributed by atoms with E-state index in [0.717, 1.165) is 39.1 Å². The molecule has 1 aromatic heterocycles. The van der Waals surface area contributed by atoms with E-state index in [9.17, 15) is 5.11 Å². The van der Waals surface area contributed by atoms with Crippen LogP contribution in [-0.4, -0.2) is 58.2 Å². The molecule has 1 saturated carbocycles. The van der Waals surface area contributed by atoms with Crippen molar-refractivity contribution in [3.8, 4) is 0 Å². The summed E-state index contributed by atoms with van der Waals surface area (Å²) < 4.78 is 7.70. The van der Waals surface area contributed by atoms with Crippen LogP contribution in [0.1, 0.15) is 12.8 Å². The number of rotatable bonds is 4. The number of fused-ring (bicyclic) bond motifs is 1. The predicted molar refractivity (Wildman–Crippen MR) is 72.1 cm³/mol. The normalized spacial score (nSPS) is 31.6. The van der Waals surface area contributed by atoms with Gasteiger partial charge in [0.1, 0.15) is 0 Å². The maximum atomic E-state index is 9.31. The average Bonchev–Trinajstić information content (AvgIpc) is 3.02. The number of aliphatic hydroxyl groups is 1. The van der Waals surface area contributed by atoms with E-state index in [2.05, 4.69) is 10.00 Å². The summed E-state index contributed by atoms with van der Waals surface area (Å²) in [6.07, 6.45) is 5.85. The van der Waals surface area contributed by atoms with E-state index in [4.69, 9.17) is 16.3 Å². The SMILES string of the molecule is OC[C@H]1CC2OCCN(CCn3cc(Cl)cn3)[C@H]2C1. The average molecular weight is 286 g/mol. The van der Waals surface area contributed by atoms with Gasteiger partial charge in [0.15, 0.2) is 0 Å². The first-order valence-corrected chi connectivity index (χ1v) is 7.28. The van der Waals surface area contributed by atoms with E-state index in [1.807, 2.05) is 10.9 Å². The first-order valence-electron chi connectivity index (χ1n) is 6.90. The minimum Gasteiger partial charge on any atom is -0.396 e. The highest BCUT2D eigenvalue weighted by atomic mass is 35.5. The monoisotopic (exact) mass is 285 g/mol. The molecule has 0 bridgehead atoms. The van der Waals surface area contributed by atoms with E-state index >= 15 is 0 Å². The first-order chi connectivity index (χ1) is 9.26. The van der Waals surface area contributed by atoms with Crippen LogP contribution in [0.3, 0.4) is 0 Å². The number of morpholine rings is 1. The quantitative estimate of drug-likeness (QED) is 0.897. The molecule has 1 saturated heterocycles. The van der Waals surface area contributed by atoms with Gasteiger partial charge in [-0.15, -0.1) is 0 Å². The Morgan fingerprint density at radius 1 is 1.42 bits per heavy atom. The third-order valence-electron chi connectivity index (χ3n) is 4.23. The van der Waals surface area contributed by atoms with Gasteiger partial charge in [0.2, 0.25) is 0 Å². The van der Waals surface area contributed by atoms with Crippen LogP contribution in [0, 0.1) is 5.92 Å². The van der Waals surface area contributed by atoms with Crippen molar-refractivity contribution in [1.82, 2.24) is 14.7 Å². The molecule has 1 N–H and O–H groups in total. The molecule has 19 heavy (non-hydrogen) atoms. The van der Waals surface area contributed by atoms with Gasteiger partial charge in [0.25, 0.3) is 0 Å². The van der Waals surface area contributed by atoms with Gasteiger partial charge >= 0.3 is 0 Å². The zero-order valence-corrected chi connectivity index (χ0v) is 11.7. The molecule has 1 aliphatic heterocycles. The van der Waals surface area contributed by atoms with Crippen molar-refractivity contribution < 1.29 is 9.84 Å². The minimum atomic E-state index is 0.277. The Bertz CT molecular complexity index is 426. The summed E-state index contributed by atoms with van der Waals surface area (Å²) in [6, 6.07) is 0.455. The smallest absolute Gasteiger partial charge is 0.0785 e. The highest BCUT2D eigenvalue weighted by Crippen LogP contribution is 2.33. The van der Waals surface area contributed by atoms with Crippen LogP contribution in [-0.2, 0) is 11.3 Å². The molecular formula is C13H20ClN3O2. The summed E-state index contributed by atoms with van der Waals surface area (Å²) in [6.45, 7) is 3.84. The second-order valence-corrected chi connectivity index (χ2v) is 5.89. The summed E-state index contributed by atoms with van der Waals surface area (Å²) in [5, 5.41) is 14.2. The van der Waals surface area contributed by atoms with Crippen molar-refractivity contribution in [3.05, 3.63) is 17.4 Å². The molecule has 1 aliphatic carbocycles. The third kappa shape index (κ3) is 2.94. The van der Waals surface area contributed by atoms with Crippen molar-refractivity contribution in [1.29, 1.82) is 0 Å². The summed E-state index contributed by atoms with van der Waals surface area (Å²) in [5.74, 6) is 0.398. The van der Waals surface area contributed by atoms with Crippen molar-refractivity contribution in [3.63, 3.8) is 0 Å². The van der Waals surface area contributed by atoms with Gasteiger partial charge in [0, 0.05) is 31.9 Å². The molecule has 6 heteroatoms. The number of nitrogens with zero attached hydrogens (tertiary/aromatic N) is 3. The van der Waals surface area contributed by atoms with Crippen molar-refractivity contribution in [2.75, 3.05) is 26.3 Å². The van der Waals surface area contributed by atoms with E-state index in [0.29, 0.717) is 23.1 Å². The number of hydrogen-bond acceptors (Lipinski definition) is 4. The highest BCUT2D eigenvalue weighted by Gasteiger charge is 2.40. The van der Waals surface area contributed by atoms with Gasteiger partial charge in [-0.1, -0.05) is 11.6 Å². The molecule has 1 aromatic rings. The van der Waals surface area contributed by atoms with Gasteiger partial charge in [-0.3, -0.25) is 9.58 Å². The Labute approximate surface area is 118 Å². The molecule has 0 radical (unpaired) electrons. The third-order valence-corrected chi connectivity index (χ3v) is 4.42. The molecule has 3 atom stereocenters. The van der Waals surface area contributed by atoms with Gasteiger partial charge in [-0.2, -0.15) is 5.10 Å². The second kappa shape index (κ2) is 5.79. The molecule has 1 unspecified atom stereocenters. The molecule has 0 spiro atoms. The zero-order chi connectivity index (χ0) is 13.2. The summed E-state index contributed by atoms with van der Waals surface area (Å²) >= 11 is 5.86. The van der Waals surface area contributed by atoms with Gasteiger partial charge in [-0.05, 0) is 18.8 Å². The number of ether oxygens (including phenoxy) is 1. The standard InChI is InChI=1S/C13H20ClN3O2/c14-11-7-15-17(8-11)2-1-16-3-4-19-13-6-10(9-18)5-12(13)16/h7-8,10,12-13,18H,1-6,9H2/t10-,12+,13?/m1/s1. The van der Waals surface area contributed by atoms with E-state index in [-0.39, 0.29) is 6.61 Å². The van der Waals surface area contributed by atoms with Crippen LogP contribution >= 0.6 is 11.6 Å². The molecule has 2 heterocycles. The van der Waals surface area contributed by atoms with Crippen molar-refractivity contribution in [2.45, 2.75) is 31.5 Å². The Balaban J connectivity index is 1.58. The van der Waals surface area contributed by atoms with Crippen LogP contribution in [0.5, 0.6) is 0 Å². The molecule has 2 aliphatic rings. The lowest BCUT2D eigenvalue weighted by molar-refractivity contribution is -0.0568. The van der Waals surface area contributed by atoms with Gasteiger partial charge < -0.3 is 9.84 Å². The Morgan fingerprint density at radius 3 is 3.05 bits per heavy atom. The van der Waals surface area contributed by atoms with Crippen LogP contribution in [0.15, 0.2) is 12.4 Å². The van der Waals surface area contributed by atoms with E-state index in [1.54, 1.807) is 6.20 Å². The molecule has 2 fully saturated rings. The molecule has 3 rings (SSSR count). The van der Waals surface area contributed by atoms with Crippen LogP contribution < -0.4 is 0 Å². The lowest BCUT2D eigenvalue weighted by Gasteiger charge is -2.37. The van der Waals surface area contributed by atoms with Gasteiger partial charge in [0.05, 0.1) is 30.5 Å². The largest absolute Gasteiger partial charge is 0.396 e. The topological polar surface area (TPSA) is 50.5 Å².